The zero-order valence-corrected chi connectivity index (χ0v) is 8.11. The summed E-state index contributed by atoms with van der Waals surface area (Å²) in [4.78, 5) is 0. The predicted molar refractivity (Wildman–Crippen MR) is 49.9 cm³/mol. The Morgan fingerprint density at radius 3 is 2.82 bits per heavy atom. The fourth-order valence-electron chi connectivity index (χ4n) is 1.00. The van der Waals surface area contributed by atoms with Crippen molar-refractivity contribution in [3.8, 4) is 0 Å². The summed E-state index contributed by atoms with van der Waals surface area (Å²) < 4.78 is 1.99. The Kier molecular flexibility index (Phi) is 3.00. The van der Waals surface area contributed by atoms with Crippen LogP contribution in [-0.2, 0) is 12.3 Å². The Hall–Kier alpha value is -0.440. The summed E-state index contributed by atoms with van der Waals surface area (Å²) in [5.74, 6) is 1.03. The molecule has 0 saturated heterocycles. The molecule has 1 aromatic rings. The van der Waals surface area contributed by atoms with Crippen molar-refractivity contribution in [2.75, 3.05) is 6.26 Å². The third-order valence-electron chi connectivity index (χ3n) is 1.65. The molecule has 0 aliphatic rings. The lowest BCUT2D eigenvalue weighted by Crippen LogP contribution is -1.94. The van der Waals surface area contributed by atoms with Gasteiger partial charge in [0, 0.05) is 18.5 Å². The first-order valence-corrected chi connectivity index (χ1v) is 5.19. The Balaban J connectivity index is 2.79. The monoisotopic (exact) mass is 170 g/mol. The molecule has 1 aromatic heterocycles. The van der Waals surface area contributed by atoms with Crippen LogP contribution < -0.4 is 0 Å². The Labute approximate surface area is 72.0 Å². The van der Waals surface area contributed by atoms with Gasteiger partial charge in [0.25, 0.3) is 0 Å². The Bertz CT molecular complexity index is 230. The van der Waals surface area contributed by atoms with Crippen molar-refractivity contribution in [2.24, 2.45) is 0 Å². The van der Waals surface area contributed by atoms with Crippen LogP contribution in [-0.4, -0.2) is 16.0 Å². The molecule has 0 amide bonds. The third kappa shape index (κ3) is 1.99. The van der Waals surface area contributed by atoms with E-state index in [-0.39, 0.29) is 0 Å². The quantitative estimate of drug-likeness (QED) is 0.691. The lowest BCUT2D eigenvalue weighted by atomic mass is 10.3. The second-order valence-electron chi connectivity index (χ2n) is 2.55. The standard InChI is InChI=1S/C8H14N2S/c1-4-10-5-7(2)8(9-10)6-11-3/h5H,4,6H2,1-3H3. The maximum atomic E-state index is 4.41. The molecule has 0 fully saturated rings. The van der Waals surface area contributed by atoms with Crippen LogP contribution in [0.25, 0.3) is 0 Å². The van der Waals surface area contributed by atoms with E-state index >= 15 is 0 Å². The molecule has 2 nitrogen and oxygen atoms in total. The van der Waals surface area contributed by atoms with Crippen LogP contribution in [0.5, 0.6) is 0 Å². The smallest absolute Gasteiger partial charge is 0.0752 e. The van der Waals surface area contributed by atoms with E-state index in [4.69, 9.17) is 0 Å². The van der Waals surface area contributed by atoms with Gasteiger partial charge in [-0.3, -0.25) is 4.68 Å². The molecule has 0 aliphatic carbocycles. The van der Waals surface area contributed by atoms with Crippen LogP contribution in [0.15, 0.2) is 6.20 Å². The van der Waals surface area contributed by atoms with E-state index in [9.17, 15) is 0 Å². The molecule has 0 atom stereocenters. The first-order valence-electron chi connectivity index (χ1n) is 3.79. The fraction of sp³-hybridized carbons (Fsp3) is 0.625. The molecule has 0 radical (unpaired) electrons. The van der Waals surface area contributed by atoms with E-state index in [2.05, 4.69) is 31.4 Å². The van der Waals surface area contributed by atoms with E-state index in [0.29, 0.717) is 0 Å². The zero-order chi connectivity index (χ0) is 8.27. The molecule has 3 heteroatoms. The summed E-state index contributed by atoms with van der Waals surface area (Å²) in [6.45, 7) is 5.19. The summed E-state index contributed by atoms with van der Waals surface area (Å²) in [5.41, 5.74) is 2.53. The van der Waals surface area contributed by atoms with Crippen LogP contribution in [0, 0.1) is 6.92 Å². The predicted octanol–water partition coefficient (Wildman–Crippen LogP) is 2.07. The van der Waals surface area contributed by atoms with Crippen molar-refractivity contribution in [3.63, 3.8) is 0 Å². The third-order valence-corrected chi connectivity index (χ3v) is 2.21. The SMILES string of the molecule is CCn1cc(C)c(CSC)n1. The van der Waals surface area contributed by atoms with E-state index < -0.39 is 0 Å². The first kappa shape index (κ1) is 8.65. The van der Waals surface area contributed by atoms with Gasteiger partial charge in [0.2, 0.25) is 0 Å². The second-order valence-corrected chi connectivity index (χ2v) is 3.41. The highest BCUT2D eigenvalue weighted by Gasteiger charge is 2.01. The van der Waals surface area contributed by atoms with Crippen molar-refractivity contribution in [3.05, 3.63) is 17.5 Å². The molecule has 0 spiro atoms. The molecule has 62 valence electrons. The number of aromatic nitrogens is 2. The van der Waals surface area contributed by atoms with Gasteiger partial charge in [-0.15, -0.1) is 0 Å². The average molecular weight is 170 g/mol. The van der Waals surface area contributed by atoms with Crippen molar-refractivity contribution in [1.82, 2.24) is 9.78 Å². The molecule has 0 N–H and O–H groups in total. The fourth-order valence-corrected chi connectivity index (χ4v) is 1.56. The van der Waals surface area contributed by atoms with Crippen LogP contribution in [0.4, 0.5) is 0 Å². The van der Waals surface area contributed by atoms with E-state index in [1.165, 1.54) is 11.3 Å². The molecule has 0 bridgehead atoms. The number of nitrogens with zero attached hydrogens (tertiary/aromatic N) is 2. The maximum absolute atomic E-state index is 4.41. The van der Waals surface area contributed by atoms with Gasteiger partial charge in [-0.2, -0.15) is 16.9 Å². The van der Waals surface area contributed by atoms with E-state index in [1.807, 2.05) is 16.4 Å². The Morgan fingerprint density at radius 1 is 1.64 bits per heavy atom. The largest absolute Gasteiger partial charge is 0.272 e. The lowest BCUT2D eigenvalue weighted by Gasteiger charge is -1.92. The van der Waals surface area contributed by atoms with Gasteiger partial charge in [-0.25, -0.2) is 0 Å². The summed E-state index contributed by atoms with van der Waals surface area (Å²) in [6.07, 6.45) is 4.20. The molecule has 0 aromatic carbocycles. The highest BCUT2D eigenvalue weighted by Crippen LogP contribution is 2.11. The number of hydrogen-bond acceptors (Lipinski definition) is 2. The van der Waals surface area contributed by atoms with Gasteiger partial charge in [-0.1, -0.05) is 0 Å². The van der Waals surface area contributed by atoms with Gasteiger partial charge in [0.15, 0.2) is 0 Å². The minimum absolute atomic E-state index is 0.967. The summed E-state index contributed by atoms with van der Waals surface area (Å²) >= 11 is 1.82. The average Bonchev–Trinajstić information content (AvgIpc) is 2.33. The van der Waals surface area contributed by atoms with Gasteiger partial charge in [0.1, 0.15) is 0 Å². The first-order chi connectivity index (χ1) is 5.27. The molecule has 0 unspecified atom stereocenters. The summed E-state index contributed by atoms with van der Waals surface area (Å²) in [6, 6.07) is 0. The van der Waals surface area contributed by atoms with Gasteiger partial charge in [-0.05, 0) is 25.7 Å². The van der Waals surface area contributed by atoms with Crippen LogP contribution in [0.2, 0.25) is 0 Å². The lowest BCUT2D eigenvalue weighted by molar-refractivity contribution is 0.652. The molecule has 11 heavy (non-hydrogen) atoms. The minimum Gasteiger partial charge on any atom is -0.272 e. The molecular weight excluding hydrogens is 156 g/mol. The number of hydrogen-bond donors (Lipinski definition) is 0. The minimum atomic E-state index is 0.967. The summed E-state index contributed by atoms with van der Waals surface area (Å²) in [7, 11) is 0. The maximum Gasteiger partial charge on any atom is 0.0752 e. The van der Waals surface area contributed by atoms with E-state index in [0.717, 1.165) is 12.3 Å². The second kappa shape index (κ2) is 3.81. The Morgan fingerprint density at radius 2 is 2.36 bits per heavy atom. The van der Waals surface area contributed by atoms with Gasteiger partial charge in [0.05, 0.1) is 5.69 Å². The highest BCUT2D eigenvalue weighted by molar-refractivity contribution is 7.97. The van der Waals surface area contributed by atoms with Gasteiger partial charge < -0.3 is 0 Å². The van der Waals surface area contributed by atoms with Crippen LogP contribution in [0.3, 0.4) is 0 Å². The van der Waals surface area contributed by atoms with E-state index in [1.54, 1.807) is 0 Å². The van der Waals surface area contributed by atoms with Crippen molar-refractivity contribution < 1.29 is 0 Å². The van der Waals surface area contributed by atoms with Crippen LogP contribution >= 0.6 is 11.8 Å². The highest BCUT2D eigenvalue weighted by atomic mass is 32.2. The van der Waals surface area contributed by atoms with Crippen molar-refractivity contribution in [1.29, 1.82) is 0 Å². The number of aryl methyl sites for hydroxylation is 2. The van der Waals surface area contributed by atoms with Crippen molar-refractivity contribution in [2.45, 2.75) is 26.1 Å². The molecular formula is C8H14N2S. The van der Waals surface area contributed by atoms with Crippen LogP contribution in [0.1, 0.15) is 18.2 Å². The molecule has 1 rings (SSSR count). The number of thioether (sulfide) groups is 1. The topological polar surface area (TPSA) is 17.8 Å². The van der Waals surface area contributed by atoms with Gasteiger partial charge >= 0.3 is 0 Å². The normalized spacial score (nSPS) is 10.5. The zero-order valence-electron chi connectivity index (χ0n) is 7.29. The molecule has 0 saturated carbocycles. The molecule has 0 aliphatic heterocycles. The number of rotatable bonds is 3. The molecule has 1 heterocycles. The summed E-state index contributed by atoms with van der Waals surface area (Å²) in [5, 5.41) is 4.41. The van der Waals surface area contributed by atoms with Crippen molar-refractivity contribution >= 4 is 11.8 Å².